The van der Waals surface area contributed by atoms with Crippen LogP contribution >= 0.6 is 11.8 Å². The fourth-order valence-corrected chi connectivity index (χ4v) is 4.36. The Morgan fingerprint density at radius 2 is 2.00 bits per heavy atom. The van der Waals surface area contributed by atoms with Gasteiger partial charge in [-0.15, -0.1) is 5.10 Å². The van der Waals surface area contributed by atoms with Crippen molar-refractivity contribution < 1.29 is 9.53 Å². The van der Waals surface area contributed by atoms with E-state index in [0.717, 1.165) is 31.7 Å². The molecular formula is C22H26N6O2S. The number of ether oxygens (including phenoxy) is 1. The number of carbonyl (C=O) groups is 1. The van der Waals surface area contributed by atoms with Crippen LogP contribution in [0.4, 0.5) is 0 Å². The number of nitrogens with one attached hydrogen (secondary N) is 1. The Morgan fingerprint density at radius 1 is 1.19 bits per heavy atom. The third kappa shape index (κ3) is 5.62. The van der Waals surface area contributed by atoms with Gasteiger partial charge in [0.1, 0.15) is 11.4 Å². The quantitative estimate of drug-likeness (QED) is 0.514. The number of thioether (sulfide) groups is 1. The van der Waals surface area contributed by atoms with Gasteiger partial charge in [0, 0.05) is 25.7 Å². The summed E-state index contributed by atoms with van der Waals surface area (Å²) in [5.74, 6) is 0.948. The van der Waals surface area contributed by atoms with Crippen molar-refractivity contribution in [3.05, 3.63) is 60.2 Å². The van der Waals surface area contributed by atoms with Crippen molar-refractivity contribution >= 4 is 17.7 Å². The summed E-state index contributed by atoms with van der Waals surface area (Å²) in [6.45, 7) is 5.24. The number of para-hydroxylation sites is 2. The van der Waals surface area contributed by atoms with Crippen LogP contribution in [-0.2, 0) is 11.3 Å². The second kappa shape index (κ2) is 10.4. The number of aromatic nitrogens is 4. The topological polar surface area (TPSA) is 85.2 Å². The molecule has 0 spiro atoms. The highest BCUT2D eigenvalue weighted by atomic mass is 32.2. The third-order valence-corrected chi connectivity index (χ3v) is 5.97. The van der Waals surface area contributed by atoms with Crippen LogP contribution in [0.15, 0.2) is 59.8 Å². The zero-order chi connectivity index (χ0) is 21.5. The molecule has 3 aromatic rings. The van der Waals surface area contributed by atoms with Crippen molar-refractivity contribution in [3.63, 3.8) is 0 Å². The summed E-state index contributed by atoms with van der Waals surface area (Å²) in [6.07, 6.45) is 0.961. The molecule has 1 saturated heterocycles. The summed E-state index contributed by atoms with van der Waals surface area (Å²) in [6, 6.07) is 18.2. The lowest BCUT2D eigenvalue weighted by atomic mass is 10.2. The van der Waals surface area contributed by atoms with Gasteiger partial charge in [0.15, 0.2) is 0 Å². The summed E-state index contributed by atoms with van der Waals surface area (Å²) in [4.78, 5) is 14.9. The molecule has 9 heteroatoms. The smallest absolute Gasteiger partial charge is 0.230 e. The fraction of sp³-hybridized carbons (Fsp3) is 0.364. The summed E-state index contributed by atoms with van der Waals surface area (Å²) >= 11 is 1.32. The first-order valence-corrected chi connectivity index (χ1v) is 11.4. The largest absolute Gasteiger partial charge is 0.492 e. The maximum Gasteiger partial charge on any atom is 0.230 e. The third-order valence-electron chi connectivity index (χ3n) is 5.05. The van der Waals surface area contributed by atoms with Crippen molar-refractivity contribution in [3.8, 4) is 11.4 Å². The van der Waals surface area contributed by atoms with Crippen LogP contribution in [0.3, 0.4) is 0 Å². The highest BCUT2D eigenvalue weighted by Gasteiger charge is 2.24. The number of tetrazole rings is 1. The van der Waals surface area contributed by atoms with E-state index in [0.29, 0.717) is 17.5 Å². The SMILES string of the molecule is CCOc1ccccc1-n1nnnc1SCC(=O)N[C@H]1CCN(Cc2ccccc2)C1. The number of hydrogen-bond donors (Lipinski definition) is 1. The number of hydrogen-bond acceptors (Lipinski definition) is 7. The first kappa shape index (κ1) is 21.3. The Labute approximate surface area is 186 Å². The Bertz CT molecular complexity index is 996. The molecule has 2 aromatic carbocycles. The number of likely N-dealkylation sites (tertiary alicyclic amines) is 1. The second-order valence-corrected chi connectivity index (χ2v) is 8.28. The van der Waals surface area contributed by atoms with Gasteiger partial charge in [-0.05, 0) is 41.5 Å². The molecule has 0 aliphatic carbocycles. The lowest BCUT2D eigenvalue weighted by molar-refractivity contribution is -0.119. The molecule has 1 amide bonds. The number of nitrogens with zero attached hydrogens (tertiary/aromatic N) is 5. The van der Waals surface area contributed by atoms with Crippen LogP contribution in [0.1, 0.15) is 18.9 Å². The molecule has 162 valence electrons. The van der Waals surface area contributed by atoms with Gasteiger partial charge in [0.05, 0.1) is 12.4 Å². The predicted molar refractivity (Wildman–Crippen MR) is 119 cm³/mol. The van der Waals surface area contributed by atoms with E-state index in [4.69, 9.17) is 4.74 Å². The van der Waals surface area contributed by atoms with E-state index in [1.807, 2.05) is 37.3 Å². The summed E-state index contributed by atoms with van der Waals surface area (Å²) in [5, 5.41) is 15.6. The number of amides is 1. The minimum Gasteiger partial charge on any atom is -0.492 e. The molecule has 0 radical (unpaired) electrons. The predicted octanol–water partition coefficient (Wildman–Crippen LogP) is 2.54. The summed E-state index contributed by atoms with van der Waals surface area (Å²) < 4.78 is 7.28. The average molecular weight is 439 g/mol. The van der Waals surface area contributed by atoms with Crippen LogP contribution < -0.4 is 10.1 Å². The zero-order valence-corrected chi connectivity index (χ0v) is 18.3. The molecule has 1 atom stereocenters. The van der Waals surface area contributed by atoms with Gasteiger partial charge in [-0.1, -0.05) is 54.2 Å². The van der Waals surface area contributed by atoms with Crippen molar-refractivity contribution in [2.75, 3.05) is 25.4 Å². The maximum absolute atomic E-state index is 12.5. The summed E-state index contributed by atoms with van der Waals surface area (Å²) in [5.41, 5.74) is 2.05. The molecule has 0 bridgehead atoms. The Balaban J connectivity index is 1.29. The van der Waals surface area contributed by atoms with Gasteiger partial charge in [-0.2, -0.15) is 4.68 Å². The molecule has 2 heterocycles. The lowest BCUT2D eigenvalue weighted by Gasteiger charge is -2.16. The van der Waals surface area contributed by atoms with E-state index in [9.17, 15) is 4.79 Å². The number of carbonyl (C=O) groups excluding carboxylic acids is 1. The van der Waals surface area contributed by atoms with E-state index in [1.165, 1.54) is 17.3 Å². The van der Waals surface area contributed by atoms with E-state index in [2.05, 4.69) is 50.0 Å². The van der Waals surface area contributed by atoms with Crippen molar-refractivity contribution in [2.24, 2.45) is 0 Å². The van der Waals surface area contributed by atoms with Crippen LogP contribution in [0.5, 0.6) is 5.75 Å². The highest BCUT2D eigenvalue weighted by molar-refractivity contribution is 7.99. The molecule has 8 nitrogen and oxygen atoms in total. The van der Waals surface area contributed by atoms with Crippen LogP contribution in [0.2, 0.25) is 0 Å². The molecule has 1 fully saturated rings. The molecule has 1 aromatic heterocycles. The van der Waals surface area contributed by atoms with Gasteiger partial charge < -0.3 is 10.1 Å². The van der Waals surface area contributed by atoms with Gasteiger partial charge in [-0.3, -0.25) is 9.69 Å². The van der Waals surface area contributed by atoms with E-state index in [-0.39, 0.29) is 17.7 Å². The Hall–Kier alpha value is -2.91. The standard InChI is InChI=1S/C22H26N6O2S/c1-2-30-20-11-7-6-10-19(20)28-22(24-25-26-28)31-16-21(29)23-18-12-13-27(15-18)14-17-8-4-3-5-9-17/h3-11,18H,2,12-16H2,1H3,(H,23,29)/t18-/m0/s1. The molecule has 0 saturated carbocycles. The highest BCUT2D eigenvalue weighted by Crippen LogP contribution is 2.26. The number of rotatable bonds is 9. The van der Waals surface area contributed by atoms with Crippen molar-refractivity contribution in [1.29, 1.82) is 0 Å². The van der Waals surface area contributed by atoms with Gasteiger partial charge in [0.2, 0.25) is 11.1 Å². The first-order valence-electron chi connectivity index (χ1n) is 10.4. The van der Waals surface area contributed by atoms with Crippen molar-refractivity contribution in [2.45, 2.75) is 31.1 Å². The summed E-state index contributed by atoms with van der Waals surface area (Å²) in [7, 11) is 0. The van der Waals surface area contributed by atoms with Gasteiger partial charge in [0.25, 0.3) is 0 Å². The number of benzene rings is 2. The molecule has 31 heavy (non-hydrogen) atoms. The molecule has 1 N–H and O–H groups in total. The van der Waals surface area contributed by atoms with Crippen LogP contribution in [0, 0.1) is 0 Å². The van der Waals surface area contributed by atoms with E-state index in [1.54, 1.807) is 4.68 Å². The molecular weight excluding hydrogens is 412 g/mol. The first-order chi connectivity index (χ1) is 15.2. The van der Waals surface area contributed by atoms with Gasteiger partial charge in [-0.25, -0.2) is 0 Å². The lowest BCUT2D eigenvalue weighted by Crippen LogP contribution is -2.38. The minimum absolute atomic E-state index is 0.01000. The molecule has 4 rings (SSSR count). The monoisotopic (exact) mass is 438 g/mol. The zero-order valence-electron chi connectivity index (χ0n) is 17.5. The molecule has 1 aliphatic heterocycles. The fourth-order valence-electron chi connectivity index (χ4n) is 3.66. The maximum atomic E-state index is 12.5. The minimum atomic E-state index is -0.01000. The molecule has 1 aliphatic rings. The normalized spacial score (nSPS) is 16.4. The van der Waals surface area contributed by atoms with Crippen LogP contribution in [-0.4, -0.2) is 62.5 Å². The van der Waals surface area contributed by atoms with Gasteiger partial charge >= 0.3 is 0 Å². The second-order valence-electron chi connectivity index (χ2n) is 7.34. The van der Waals surface area contributed by atoms with E-state index < -0.39 is 0 Å². The Kier molecular flexibility index (Phi) is 7.16. The Morgan fingerprint density at radius 3 is 2.84 bits per heavy atom. The van der Waals surface area contributed by atoms with Crippen LogP contribution in [0.25, 0.3) is 5.69 Å². The average Bonchev–Trinajstić information content (AvgIpc) is 3.43. The van der Waals surface area contributed by atoms with E-state index >= 15 is 0 Å². The van der Waals surface area contributed by atoms with Crippen molar-refractivity contribution in [1.82, 2.24) is 30.4 Å². The molecule has 0 unspecified atom stereocenters.